The molecule has 0 unspecified atom stereocenters. The van der Waals surface area contributed by atoms with E-state index in [1.807, 2.05) is 43.3 Å². The number of sulfonamides is 1. The number of halogens is 1. The van der Waals surface area contributed by atoms with Crippen LogP contribution in [0.15, 0.2) is 93.4 Å². The van der Waals surface area contributed by atoms with E-state index in [2.05, 4.69) is 70.5 Å². The number of methoxy groups -OCH3 is 1. The summed E-state index contributed by atoms with van der Waals surface area (Å²) >= 11 is 2.33. The van der Waals surface area contributed by atoms with Gasteiger partial charge in [0.2, 0.25) is 0 Å². The van der Waals surface area contributed by atoms with E-state index < -0.39 is 10.0 Å². The van der Waals surface area contributed by atoms with Crippen molar-refractivity contribution in [1.29, 1.82) is 0 Å². The van der Waals surface area contributed by atoms with Gasteiger partial charge in [0.15, 0.2) is 0 Å². The minimum atomic E-state index is -3.79. The lowest BCUT2D eigenvalue weighted by Crippen LogP contribution is -2.35. The van der Waals surface area contributed by atoms with Crippen molar-refractivity contribution >= 4 is 65.7 Å². The lowest BCUT2D eigenvalue weighted by atomic mass is 9.90. The molecular weight excluding hydrogens is 607 g/mol. The van der Waals surface area contributed by atoms with E-state index in [-0.39, 0.29) is 6.54 Å². The second kappa shape index (κ2) is 9.47. The number of rotatable bonds is 5. The first-order chi connectivity index (χ1) is 18.3. The van der Waals surface area contributed by atoms with Gasteiger partial charge in [0.1, 0.15) is 5.75 Å². The van der Waals surface area contributed by atoms with Crippen molar-refractivity contribution in [3.63, 3.8) is 0 Å². The first-order valence-corrected chi connectivity index (χ1v) is 15.0. The van der Waals surface area contributed by atoms with Crippen molar-refractivity contribution in [3.8, 4) is 5.75 Å². The summed E-state index contributed by atoms with van der Waals surface area (Å²) in [5.41, 5.74) is 6.99. The van der Waals surface area contributed by atoms with Gasteiger partial charge in [0, 0.05) is 43.1 Å². The molecule has 0 radical (unpaired) electrons. The summed E-state index contributed by atoms with van der Waals surface area (Å²) in [6.07, 6.45) is 0. The van der Waals surface area contributed by atoms with Crippen LogP contribution in [0, 0.1) is 6.92 Å². The average Bonchev–Trinajstić information content (AvgIpc) is 3.26. The molecule has 0 saturated heterocycles. The van der Waals surface area contributed by atoms with Crippen LogP contribution >= 0.6 is 22.6 Å². The summed E-state index contributed by atoms with van der Waals surface area (Å²) in [5.74, 6) is 0.782. The summed E-state index contributed by atoms with van der Waals surface area (Å²) < 4.78 is 38.4. The van der Waals surface area contributed by atoms with Crippen molar-refractivity contribution in [2.24, 2.45) is 0 Å². The van der Waals surface area contributed by atoms with Gasteiger partial charge >= 0.3 is 0 Å². The fraction of sp³-hybridized carbons (Fsp3) is 0.161. The van der Waals surface area contributed by atoms with E-state index in [0.29, 0.717) is 10.6 Å². The Morgan fingerprint density at radius 2 is 1.61 bits per heavy atom. The quantitative estimate of drug-likeness (QED) is 0.188. The van der Waals surface area contributed by atoms with E-state index in [1.165, 1.54) is 0 Å². The zero-order chi connectivity index (χ0) is 26.6. The van der Waals surface area contributed by atoms with E-state index in [9.17, 15) is 8.42 Å². The zero-order valence-electron chi connectivity index (χ0n) is 21.4. The maximum Gasteiger partial charge on any atom is 0.264 e. The summed E-state index contributed by atoms with van der Waals surface area (Å²) in [5, 5.41) is 2.19. The molecular formula is C31H27IN2O3S. The molecule has 38 heavy (non-hydrogen) atoms. The average molecular weight is 635 g/mol. The third kappa shape index (κ3) is 3.82. The topological polar surface area (TPSA) is 51.5 Å². The number of para-hydroxylation sites is 1. The minimum Gasteiger partial charge on any atom is -0.497 e. The predicted molar refractivity (Wildman–Crippen MR) is 164 cm³/mol. The second-order valence-corrected chi connectivity index (χ2v) is 12.6. The molecule has 0 atom stereocenters. The fourth-order valence-corrected chi connectivity index (χ4v) is 8.06. The van der Waals surface area contributed by atoms with Crippen LogP contribution in [0.3, 0.4) is 0 Å². The smallest absolute Gasteiger partial charge is 0.264 e. The van der Waals surface area contributed by atoms with E-state index in [4.69, 9.17) is 4.74 Å². The summed E-state index contributed by atoms with van der Waals surface area (Å²) in [6.45, 7) is 5.18. The van der Waals surface area contributed by atoms with Gasteiger partial charge in [0.25, 0.3) is 10.0 Å². The Hall–Kier alpha value is -3.30. The van der Waals surface area contributed by atoms with Crippen LogP contribution in [0.5, 0.6) is 5.75 Å². The summed E-state index contributed by atoms with van der Waals surface area (Å²) in [6, 6.07) is 27.5. The van der Waals surface area contributed by atoms with Gasteiger partial charge < -0.3 is 9.30 Å². The Bertz CT molecular complexity index is 1840. The molecule has 4 aromatic carbocycles. The van der Waals surface area contributed by atoms with Gasteiger partial charge in [-0.3, -0.25) is 4.31 Å². The SMILES string of the molecule is CCn1c2ccccc2c2c3c(ccc21)N(S(=O)(=O)c1ccc(C)cc1)CC(I)=C3c1ccc(OC)cc1. The monoisotopic (exact) mass is 634 g/mol. The molecule has 1 aliphatic rings. The number of hydrogen-bond acceptors (Lipinski definition) is 3. The van der Waals surface area contributed by atoms with Crippen LogP contribution in [-0.2, 0) is 16.6 Å². The number of fused-ring (bicyclic) bond motifs is 5. The molecule has 5 nitrogen and oxygen atoms in total. The van der Waals surface area contributed by atoms with Crippen LogP contribution in [0.2, 0.25) is 0 Å². The van der Waals surface area contributed by atoms with Crippen LogP contribution in [0.1, 0.15) is 23.6 Å². The highest BCUT2D eigenvalue weighted by Crippen LogP contribution is 2.48. The lowest BCUT2D eigenvalue weighted by molar-refractivity contribution is 0.415. The van der Waals surface area contributed by atoms with Crippen LogP contribution in [-0.4, -0.2) is 26.6 Å². The van der Waals surface area contributed by atoms with Crippen molar-refractivity contribution in [1.82, 2.24) is 4.57 Å². The third-order valence-corrected chi connectivity index (χ3v) is 9.95. The fourth-order valence-electron chi connectivity index (χ4n) is 5.47. The van der Waals surface area contributed by atoms with Crippen molar-refractivity contribution in [3.05, 3.63) is 105 Å². The van der Waals surface area contributed by atoms with Gasteiger partial charge in [-0.1, -0.05) is 48.0 Å². The molecule has 1 aliphatic heterocycles. The van der Waals surface area contributed by atoms with E-state index >= 15 is 0 Å². The number of anilines is 1. The van der Waals surface area contributed by atoms with Gasteiger partial charge in [-0.15, -0.1) is 0 Å². The van der Waals surface area contributed by atoms with E-state index in [1.54, 1.807) is 23.5 Å². The number of aryl methyl sites for hydroxylation is 2. The van der Waals surface area contributed by atoms with Crippen LogP contribution in [0.4, 0.5) is 5.69 Å². The summed E-state index contributed by atoms with van der Waals surface area (Å²) in [4.78, 5) is 0.294. The maximum absolute atomic E-state index is 14.1. The number of hydrogen-bond donors (Lipinski definition) is 0. The highest BCUT2D eigenvalue weighted by atomic mass is 127. The largest absolute Gasteiger partial charge is 0.497 e. The van der Waals surface area contributed by atoms with Gasteiger partial charge in [-0.25, -0.2) is 8.42 Å². The number of ether oxygens (including phenoxy) is 1. The van der Waals surface area contributed by atoms with E-state index in [0.717, 1.165) is 59.9 Å². The molecule has 6 rings (SSSR count). The van der Waals surface area contributed by atoms with Crippen molar-refractivity contribution < 1.29 is 13.2 Å². The Balaban J connectivity index is 1.70. The highest BCUT2D eigenvalue weighted by molar-refractivity contribution is 14.1. The third-order valence-electron chi connectivity index (χ3n) is 7.29. The van der Waals surface area contributed by atoms with Gasteiger partial charge in [-0.2, -0.15) is 0 Å². The first-order valence-electron chi connectivity index (χ1n) is 12.5. The Morgan fingerprint density at radius 1 is 0.895 bits per heavy atom. The molecule has 0 saturated carbocycles. The van der Waals surface area contributed by atoms with Crippen molar-refractivity contribution in [2.75, 3.05) is 18.0 Å². The number of benzene rings is 4. The molecule has 0 spiro atoms. The Labute approximate surface area is 236 Å². The summed E-state index contributed by atoms with van der Waals surface area (Å²) in [7, 11) is -2.14. The predicted octanol–water partition coefficient (Wildman–Crippen LogP) is 7.53. The number of aromatic nitrogens is 1. The Morgan fingerprint density at radius 3 is 2.29 bits per heavy atom. The number of nitrogens with zero attached hydrogens (tertiary/aromatic N) is 2. The molecule has 0 aliphatic carbocycles. The van der Waals surface area contributed by atoms with Crippen molar-refractivity contribution in [2.45, 2.75) is 25.3 Å². The first kappa shape index (κ1) is 25.0. The normalized spacial score (nSPS) is 13.8. The minimum absolute atomic E-state index is 0.267. The molecule has 1 aromatic heterocycles. The zero-order valence-corrected chi connectivity index (χ0v) is 24.4. The lowest BCUT2D eigenvalue weighted by Gasteiger charge is -2.33. The molecule has 5 aromatic rings. The molecule has 0 N–H and O–H groups in total. The molecule has 0 fully saturated rings. The maximum atomic E-state index is 14.1. The second-order valence-electron chi connectivity index (χ2n) is 9.45. The molecule has 7 heteroatoms. The molecule has 2 heterocycles. The molecule has 192 valence electrons. The van der Waals surface area contributed by atoms with Gasteiger partial charge in [-0.05, 0) is 84.5 Å². The Kier molecular flexibility index (Phi) is 6.23. The molecule has 0 bridgehead atoms. The van der Waals surface area contributed by atoms with Crippen LogP contribution in [0.25, 0.3) is 27.4 Å². The molecule has 0 amide bonds. The van der Waals surface area contributed by atoms with Crippen LogP contribution < -0.4 is 9.04 Å². The highest BCUT2D eigenvalue weighted by Gasteiger charge is 2.35. The standard InChI is InChI=1S/C31H27IN2O3S/c1-4-33-26-8-6-5-7-24(26)30-27(33)17-18-28-31(30)29(21-11-13-22(37-3)14-12-21)25(32)19-34(28)38(35,36)23-15-9-20(2)10-16-23/h5-18H,4,19H2,1-3H3. The van der Waals surface area contributed by atoms with Gasteiger partial charge in [0.05, 0.1) is 24.2 Å².